The first-order chi connectivity index (χ1) is 10.7. The van der Waals surface area contributed by atoms with Crippen LogP contribution in [0.1, 0.15) is 12.8 Å². The average Bonchev–Trinajstić information content (AvgIpc) is 2.97. The van der Waals surface area contributed by atoms with Crippen LogP contribution in [-0.2, 0) is 9.47 Å². The number of thioether (sulfide) groups is 1. The van der Waals surface area contributed by atoms with Crippen LogP contribution in [0.3, 0.4) is 0 Å². The van der Waals surface area contributed by atoms with Crippen LogP contribution >= 0.6 is 35.0 Å². The van der Waals surface area contributed by atoms with Crippen molar-refractivity contribution in [3.05, 3.63) is 28.2 Å². The third kappa shape index (κ3) is 4.14. The molecule has 0 radical (unpaired) electrons. The number of hydrogen-bond donors (Lipinski definition) is 0. The van der Waals surface area contributed by atoms with Gasteiger partial charge in [0.25, 0.3) is 5.22 Å². The Bertz CT molecular complexity index is 632. The highest BCUT2D eigenvalue weighted by molar-refractivity contribution is 7.99. The van der Waals surface area contributed by atoms with Crippen LogP contribution in [0, 0.1) is 0 Å². The van der Waals surface area contributed by atoms with Crippen LogP contribution in [0.25, 0.3) is 11.5 Å². The minimum Gasteiger partial charge on any atom is -0.411 e. The van der Waals surface area contributed by atoms with E-state index >= 15 is 0 Å². The summed E-state index contributed by atoms with van der Waals surface area (Å²) in [7, 11) is 0. The Hall–Kier alpha value is -0.790. The third-order valence-corrected chi connectivity index (χ3v) is 4.44. The molecule has 0 saturated carbocycles. The molecule has 1 aliphatic rings. The average molecular weight is 361 g/mol. The molecule has 118 valence electrons. The Morgan fingerprint density at radius 2 is 2.00 bits per heavy atom. The number of ether oxygens (including phenoxy) is 2. The highest BCUT2D eigenvalue weighted by Crippen LogP contribution is 2.31. The van der Waals surface area contributed by atoms with Gasteiger partial charge in [-0.3, -0.25) is 0 Å². The second kappa shape index (κ2) is 7.66. The Balaban J connectivity index is 1.56. The van der Waals surface area contributed by atoms with Gasteiger partial charge in [-0.2, -0.15) is 0 Å². The fourth-order valence-electron chi connectivity index (χ4n) is 1.99. The SMILES string of the molecule is Clc1ccc(-c2nnc(SCCC3OCCCO3)o2)c(Cl)c1. The molecule has 22 heavy (non-hydrogen) atoms. The molecule has 3 rings (SSSR count). The molecule has 1 aromatic heterocycles. The second-order valence-electron chi connectivity index (χ2n) is 4.66. The van der Waals surface area contributed by atoms with E-state index in [0.29, 0.717) is 26.7 Å². The molecule has 1 aromatic carbocycles. The fraction of sp³-hybridized carbons (Fsp3) is 0.429. The summed E-state index contributed by atoms with van der Waals surface area (Å²) in [6.07, 6.45) is 1.61. The van der Waals surface area contributed by atoms with Gasteiger partial charge < -0.3 is 13.9 Å². The third-order valence-electron chi connectivity index (χ3n) is 3.04. The van der Waals surface area contributed by atoms with Gasteiger partial charge in [0, 0.05) is 17.2 Å². The van der Waals surface area contributed by atoms with Crippen LogP contribution in [-0.4, -0.2) is 35.5 Å². The van der Waals surface area contributed by atoms with Crippen molar-refractivity contribution in [3.8, 4) is 11.5 Å². The number of rotatable bonds is 5. The minimum atomic E-state index is -0.130. The quantitative estimate of drug-likeness (QED) is 0.741. The molecule has 0 N–H and O–H groups in total. The molecule has 0 bridgehead atoms. The first-order valence-corrected chi connectivity index (χ1v) is 8.61. The van der Waals surface area contributed by atoms with Gasteiger partial charge in [0.05, 0.1) is 23.8 Å². The lowest BCUT2D eigenvalue weighted by Crippen LogP contribution is -2.25. The summed E-state index contributed by atoms with van der Waals surface area (Å²) in [5, 5.41) is 9.57. The molecule has 0 unspecified atom stereocenters. The zero-order chi connectivity index (χ0) is 15.4. The lowest BCUT2D eigenvalue weighted by Gasteiger charge is -2.22. The van der Waals surface area contributed by atoms with E-state index in [9.17, 15) is 0 Å². The van der Waals surface area contributed by atoms with E-state index < -0.39 is 0 Å². The maximum Gasteiger partial charge on any atom is 0.276 e. The molecule has 1 fully saturated rings. The molecule has 0 aliphatic carbocycles. The summed E-state index contributed by atoms with van der Waals surface area (Å²) in [6.45, 7) is 1.52. The fourth-order valence-corrected chi connectivity index (χ4v) is 3.20. The largest absolute Gasteiger partial charge is 0.411 e. The van der Waals surface area contributed by atoms with E-state index in [1.54, 1.807) is 18.2 Å². The second-order valence-corrected chi connectivity index (χ2v) is 6.55. The van der Waals surface area contributed by atoms with Crippen LogP contribution < -0.4 is 0 Å². The highest BCUT2D eigenvalue weighted by atomic mass is 35.5. The Morgan fingerprint density at radius 3 is 2.77 bits per heavy atom. The van der Waals surface area contributed by atoms with Gasteiger partial charge in [-0.15, -0.1) is 10.2 Å². The lowest BCUT2D eigenvalue weighted by atomic mass is 10.2. The van der Waals surface area contributed by atoms with Gasteiger partial charge in [0.2, 0.25) is 5.89 Å². The van der Waals surface area contributed by atoms with E-state index in [1.165, 1.54) is 11.8 Å². The van der Waals surface area contributed by atoms with Crippen molar-refractivity contribution in [2.75, 3.05) is 19.0 Å². The maximum atomic E-state index is 6.13. The summed E-state index contributed by atoms with van der Waals surface area (Å²) in [6, 6.07) is 5.14. The first-order valence-electron chi connectivity index (χ1n) is 6.87. The van der Waals surface area contributed by atoms with Gasteiger partial charge in [-0.1, -0.05) is 35.0 Å². The molecule has 0 atom stereocenters. The highest BCUT2D eigenvalue weighted by Gasteiger charge is 2.16. The topological polar surface area (TPSA) is 57.4 Å². The maximum absolute atomic E-state index is 6.13. The van der Waals surface area contributed by atoms with Crippen molar-refractivity contribution in [3.63, 3.8) is 0 Å². The summed E-state index contributed by atoms with van der Waals surface area (Å²) < 4.78 is 16.6. The Morgan fingerprint density at radius 1 is 1.18 bits per heavy atom. The summed E-state index contributed by atoms with van der Waals surface area (Å²) in [5.74, 6) is 1.16. The van der Waals surface area contributed by atoms with Gasteiger partial charge in [0.15, 0.2) is 6.29 Å². The molecule has 1 saturated heterocycles. The molecule has 0 spiro atoms. The predicted molar refractivity (Wildman–Crippen MR) is 85.4 cm³/mol. The van der Waals surface area contributed by atoms with Crippen molar-refractivity contribution >= 4 is 35.0 Å². The molecular weight excluding hydrogens is 347 g/mol. The zero-order valence-corrected chi connectivity index (χ0v) is 14.0. The normalized spacial score (nSPS) is 16.1. The molecule has 2 heterocycles. The van der Waals surface area contributed by atoms with E-state index in [2.05, 4.69) is 10.2 Å². The first kappa shape index (κ1) is 16.1. The Labute approximate surface area is 142 Å². The lowest BCUT2D eigenvalue weighted by molar-refractivity contribution is -0.178. The standard InChI is InChI=1S/C14H14Cl2N2O3S/c15-9-2-3-10(11(16)8-9)13-17-18-14(21-13)22-7-4-12-19-5-1-6-20-12/h2-3,8,12H,1,4-7H2. The van der Waals surface area contributed by atoms with Crippen molar-refractivity contribution < 1.29 is 13.9 Å². The smallest absolute Gasteiger partial charge is 0.276 e. The minimum absolute atomic E-state index is 0.130. The molecular formula is C14H14Cl2N2O3S. The van der Waals surface area contributed by atoms with Gasteiger partial charge in [-0.05, 0) is 24.6 Å². The van der Waals surface area contributed by atoms with Gasteiger partial charge >= 0.3 is 0 Å². The molecule has 0 amide bonds. The molecule has 8 heteroatoms. The number of halogens is 2. The van der Waals surface area contributed by atoms with Crippen LogP contribution in [0.2, 0.25) is 10.0 Å². The zero-order valence-electron chi connectivity index (χ0n) is 11.6. The van der Waals surface area contributed by atoms with Crippen LogP contribution in [0.15, 0.2) is 27.8 Å². The van der Waals surface area contributed by atoms with Gasteiger partial charge in [-0.25, -0.2) is 0 Å². The monoisotopic (exact) mass is 360 g/mol. The predicted octanol–water partition coefficient (Wildman–Crippen LogP) is 4.29. The number of hydrogen-bond acceptors (Lipinski definition) is 6. The number of aromatic nitrogens is 2. The van der Waals surface area contributed by atoms with Crippen molar-refractivity contribution in [1.29, 1.82) is 0 Å². The number of benzene rings is 1. The molecule has 2 aromatic rings. The van der Waals surface area contributed by atoms with Crippen molar-refractivity contribution in [1.82, 2.24) is 10.2 Å². The number of nitrogens with zero attached hydrogens (tertiary/aromatic N) is 2. The van der Waals surface area contributed by atoms with E-state index in [4.69, 9.17) is 37.1 Å². The van der Waals surface area contributed by atoms with E-state index in [-0.39, 0.29) is 6.29 Å². The summed E-state index contributed by atoms with van der Waals surface area (Å²) in [5.41, 5.74) is 0.671. The summed E-state index contributed by atoms with van der Waals surface area (Å²) in [4.78, 5) is 0. The van der Waals surface area contributed by atoms with Crippen molar-refractivity contribution in [2.45, 2.75) is 24.4 Å². The van der Waals surface area contributed by atoms with E-state index in [0.717, 1.165) is 31.8 Å². The molecule has 5 nitrogen and oxygen atoms in total. The Kier molecular flexibility index (Phi) is 5.60. The van der Waals surface area contributed by atoms with Crippen LogP contribution in [0.5, 0.6) is 0 Å². The van der Waals surface area contributed by atoms with Crippen LogP contribution in [0.4, 0.5) is 0 Å². The van der Waals surface area contributed by atoms with E-state index in [1.807, 2.05) is 0 Å². The summed E-state index contributed by atoms with van der Waals surface area (Å²) >= 11 is 13.5. The molecule has 1 aliphatic heterocycles. The van der Waals surface area contributed by atoms with Gasteiger partial charge in [0.1, 0.15) is 0 Å². The van der Waals surface area contributed by atoms with Crippen molar-refractivity contribution in [2.24, 2.45) is 0 Å².